The number of fused-ring (bicyclic) bond motifs is 1. The Morgan fingerprint density at radius 1 is 1.21 bits per heavy atom. The molecule has 1 amide bonds. The number of nitrogens with zero attached hydrogens (tertiary/aromatic N) is 8. The summed E-state index contributed by atoms with van der Waals surface area (Å²) in [6.07, 6.45) is 4.84. The minimum Gasteiger partial charge on any atom is -0.372 e. The van der Waals surface area contributed by atoms with Crippen LogP contribution in [0.5, 0.6) is 0 Å². The fourth-order valence-electron chi connectivity index (χ4n) is 3.73. The Morgan fingerprint density at radius 3 is 2.64 bits per heavy atom. The molecule has 0 unspecified atom stereocenters. The smallest absolute Gasteiger partial charge is 0.307 e. The van der Waals surface area contributed by atoms with Gasteiger partial charge in [0.25, 0.3) is 0 Å². The highest BCUT2D eigenvalue weighted by Crippen LogP contribution is 2.29. The third-order valence-corrected chi connectivity index (χ3v) is 5.45. The summed E-state index contributed by atoms with van der Waals surface area (Å²) in [7, 11) is 0. The molecule has 0 fully saturated rings. The number of carbonyl (C=O) groups excluding carboxylic acids is 1. The van der Waals surface area contributed by atoms with Crippen LogP contribution in [-0.4, -0.2) is 55.9 Å². The normalized spacial score (nSPS) is 13.5. The van der Waals surface area contributed by atoms with Gasteiger partial charge in [-0.25, -0.2) is 14.7 Å². The third-order valence-electron chi connectivity index (χ3n) is 5.45. The van der Waals surface area contributed by atoms with Crippen molar-refractivity contribution in [2.45, 2.75) is 27.7 Å². The fraction of sp³-hybridized carbons (Fsp3) is 0.250. The second-order valence-electron chi connectivity index (χ2n) is 7.40. The number of aryl methyl sites for hydroxylation is 1. The molecule has 2 aromatic heterocycles. The predicted octanol–water partition coefficient (Wildman–Crippen LogP) is 3.52. The zero-order valence-corrected chi connectivity index (χ0v) is 19.1. The third kappa shape index (κ3) is 4.02. The van der Waals surface area contributed by atoms with Crippen LogP contribution in [0.1, 0.15) is 30.9 Å². The van der Waals surface area contributed by atoms with E-state index in [-0.39, 0.29) is 5.71 Å². The molecule has 3 heterocycles. The SMILES string of the molecule is C=C=NC(=O)C1=Nn2c(nc(-c3cnccn3)c2C)/C1=N\c1ccc(N(CC)CC)cc1C. The highest BCUT2D eigenvalue weighted by Gasteiger charge is 2.33. The van der Waals surface area contributed by atoms with Gasteiger partial charge in [0, 0.05) is 31.2 Å². The van der Waals surface area contributed by atoms with Crippen LogP contribution in [0, 0.1) is 13.8 Å². The van der Waals surface area contributed by atoms with E-state index in [9.17, 15) is 4.79 Å². The van der Waals surface area contributed by atoms with E-state index in [4.69, 9.17) is 9.98 Å². The number of aliphatic imine (C=N–C) groups is 2. The zero-order valence-electron chi connectivity index (χ0n) is 19.1. The standard InChI is InChI=1S/C24H24N8O/c1-6-26-24(33)22-21(28-18-10-9-17(13-15(18)4)31(7-2)8-3)23-29-20(16(5)32(23)30-22)19-14-25-11-12-27-19/h9-14H,1,7-8H2,2-5H3/b28-21-. The number of carbonyl (C=O) groups is 1. The average Bonchev–Trinajstić information content (AvgIpc) is 3.34. The van der Waals surface area contributed by atoms with Gasteiger partial charge in [0.1, 0.15) is 17.1 Å². The molecule has 0 saturated heterocycles. The fourth-order valence-corrected chi connectivity index (χ4v) is 3.73. The van der Waals surface area contributed by atoms with E-state index in [0.717, 1.165) is 35.7 Å². The molecular formula is C24H24N8O. The maximum absolute atomic E-state index is 12.6. The number of rotatable bonds is 6. The maximum Gasteiger partial charge on any atom is 0.307 e. The monoisotopic (exact) mass is 440 g/mol. The lowest BCUT2D eigenvalue weighted by molar-refractivity contribution is -0.111. The van der Waals surface area contributed by atoms with Crippen LogP contribution in [-0.2, 0) is 4.79 Å². The highest BCUT2D eigenvalue weighted by atomic mass is 16.1. The van der Waals surface area contributed by atoms with Crippen LogP contribution in [0.2, 0.25) is 0 Å². The summed E-state index contributed by atoms with van der Waals surface area (Å²) < 4.78 is 1.59. The van der Waals surface area contributed by atoms with Gasteiger partial charge in [-0.1, -0.05) is 0 Å². The van der Waals surface area contributed by atoms with Gasteiger partial charge in [-0.2, -0.15) is 10.1 Å². The zero-order chi connectivity index (χ0) is 23.5. The van der Waals surface area contributed by atoms with Gasteiger partial charge >= 0.3 is 5.91 Å². The Bertz CT molecular complexity index is 1330. The van der Waals surface area contributed by atoms with E-state index in [0.29, 0.717) is 22.9 Å². The molecule has 1 aromatic carbocycles. The number of imidazole rings is 1. The number of amides is 1. The van der Waals surface area contributed by atoms with E-state index in [2.05, 4.69) is 57.3 Å². The van der Waals surface area contributed by atoms with E-state index in [1.807, 2.05) is 26.0 Å². The van der Waals surface area contributed by atoms with E-state index in [1.54, 1.807) is 23.3 Å². The van der Waals surface area contributed by atoms with Gasteiger partial charge in [-0.05, 0) is 63.9 Å². The van der Waals surface area contributed by atoms with Gasteiger partial charge in [0.2, 0.25) is 0 Å². The lowest BCUT2D eigenvalue weighted by Gasteiger charge is -2.21. The maximum atomic E-state index is 12.6. The first-order valence-electron chi connectivity index (χ1n) is 10.6. The Morgan fingerprint density at radius 2 is 2.00 bits per heavy atom. The van der Waals surface area contributed by atoms with Crippen molar-refractivity contribution in [1.82, 2.24) is 19.6 Å². The summed E-state index contributed by atoms with van der Waals surface area (Å²) in [5.41, 5.74) is 5.21. The lowest BCUT2D eigenvalue weighted by Crippen LogP contribution is -2.22. The van der Waals surface area contributed by atoms with Gasteiger partial charge in [0.05, 0.1) is 17.6 Å². The van der Waals surface area contributed by atoms with Crippen LogP contribution >= 0.6 is 0 Å². The van der Waals surface area contributed by atoms with Crippen LogP contribution < -0.4 is 4.90 Å². The minimum absolute atomic E-state index is 0.0923. The van der Waals surface area contributed by atoms with Crippen molar-refractivity contribution in [3.8, 4) is 11.4 Å². The quantitative estimate of drug-likeness (QED) is 0.546. The molecule has 0 radical (unpaired) electrons. The number of hydrogen-bond donors (Lipinski definition) is 0. The lowest BCUT2D eigenvalue weighted by atomic mass is 10.1. The van der Waals surface area contributed by atoms with Gasteiger partial charge in [-0.15, -0.1) is 0 Å². The molecule has 9 nitrogen and oxygen atoms in total. The summed E-state index contributed by atoms with van der Waals surface area (Å²) >= 11 is 0. The molecule has 33 heavy (non-hydrogen) atoms. The largest absolute Gasteiger partial charge is 0.372 e. The molecule has 4 rings (SSSR count). The summed E-state index contributed by atoms with van der Waals surface area (Å²) in [5, 5.41) is 4.47. The minimum atomic E-state index is -0.577. The molecule has 0 aliphatic carbocycles. The first kappa shape index (κ1) is 22.0. The van der Waals surface area contributed by atoms with Crippen LogP contribution in [0.25, 0.3) is 11.4 Å². The van der Waals surface area contributed by atoms with E-state index in [1.165, 1.54) is 0 Å². The predicted molar refractivity (Wildman–Crippen MR) is 130 cm³/mol. The van der Waals surface area contributed by atoms with Crippen LogP contribution in [0.4, 0.5) is 11.4 Å². The molecule has 9 heteroatoms. The van der Waals surface area contributed by atoms with Crippen molar-refractivity contribution < 1.29 is 4.79 Å². The molecule has 166 valence electrons. The van der Waals surface area contributed by atoms with Gasteiger partial charge in [0.15, 0.2) is 11.5 Å². The average molecular weight is 441 g/mol. The molecule has 1 aliphatic heterocycles. The van der Waals surface area contributed by atoms with Crippen molar-refractivity contribution in [3.05, 3.63) is 60.5 Å². The Labute approximate surface area is 192 Å². The summed E-state index contributed by atoms with van der Waals surface area (Å²) in [6.45, 7) is 13.3. The molecule has 0 atom stereocenters. The van der Waals surface area contributed by atoms with E-state index >= 15 is 0 Å². The first-order valence-corrected chi connectivity index (χ1v) is 10.6. The number of hydrogen-bond acceptors (Lipinski definition) is 7. The highest BCUT2D eigenvalue weighted by molar-refractivity contribution is 6.71. The second-order valence-corrected chi connectivity index (χ2v) is 7.40. The summed E-state index contributed by atoms with van der Waals surface area (Å²) in [5.74, 6) is 2.15. The number of anilines is 1. The Hall–Kier alpha value is -4.23. The molecule has 0 spiro atoms. The van der Waals surface area contributed by atoms with E-state index < -0.39 is 5.91 Å². The Kier molecular flexibility index (Phi) is 6.06. The molecule has 1 aliphatic rings. The van der Waals surface area contributed by atoms with Gasteiger partial charge in [-0.3, -0.25) is 14.8 Å². The topological polar surface area (TPSA) is 101 Å². The molecule has 0 saturated carbocycles. The second kappa shape index (κ2) is 9.10. The Balaban J connectivity index is 1.85. The first-order chi connectivity index (χ1) is 16.0. The van der Waals surface area contributed by atoms with Gasteiger partial charge < -0.3 is 4.90 Å². The molecular weight excluding hydrogens is 416 g/mol. The summed E-state index contributed by atoms with van der Waals surface area (Å²) in [6, 6.07) is 6.05. The summed E-state index contributed by atoms with van der Waals surface area (Å²) in [4.78, 5) is 36.5. The van der Waals surface area contributed by atoms with Crippen molar-refractivity contribution in [2.75, 3.05) is 18.0 Å². The van der Waals surface area contributed by atoms with Crippen molar-refractivity contribution in [3.63, 3.8) is 0 Å². The van der Waals surface area contributed by atoms with Crippen molar-refractivity contribution >= 4 is 34.6 Å². The number of aromatic nitrogens is 4. The van der Waals surface area contributed by atoms with Crippen molar-refractivity contribution in [1.29, 1.82) is 0 Å². The molecule has 3 aromatic rings. The number of benzene rings is 1. The van der Waals surface area contributed by atoms with Crippen LogP contribution in [0.15, 0.2) is 58.5 Å². The van der Waals surface area contributed by atoms with Crippen molar-refractivity contribution in [2.24, 2.45) is 15.1 Å². The molecule has 0 bridgehead atoms. The van der Waals surface area contributed by atoms with Crippen LogP contribution in [0.3, 0.4) is 0 Å². The molecule has 0 N–H and O–H groups in total.